The van der Waals surface area contributed by atoms with Crippen LogP contribution in [0.15, 0.2) is 12.1 Å². The fourth-order valence-corrected chi connectivity index (χ4v) is 2.78. The smallest absolute Gasteiger partial charge is 0.157 e. The molecule has 0 radical (unpaired) electrons. The predicted molar refractivity (Wildman–Crippen MR) is 63.9 cm³/mol. The molecule has 0 amide bonds. The van der Waals surface area contributed by atoms with Crippen molar-refractivity contribution < 1.29 is 0 Å². The Morgan fingerprint density at radius 1 is 1.31 bits per heavy atom. The molecule has 1 aliphatic carbocycles. The first-order chi connectivity index (χ1) is 7.74. The summed E-state index contributed by atoms with van der Waals surface area (Å²) in [6.45, 7) is 1.95. The monoisotopic (exact) mass is 235 g/mol. The van der Waals surface area contributed by atoms with Gasteiger partial charge in [-0.3, -0.25) is 0 Å². The van der Waals surface area contributed by atoms with E-state index in [4.69, 9.17) is 11.6 Å². The molecule has 1 saturated carbocycles. The van der Waals surface area contributed by atoms with Gasteiger partial charge in [-0.15, -0.1) is 0 Å². The first kappa shape index (κ1) is 10.1. The summed E-state index contributed by atoms with van der Waals surface area (Å²) in [5, 5.41) is 5.20. The van der Waals surface area contributed by atoms with Crippen molar-refractivity contribution in [3.05, 3.63) is 28.7 Å². The van der Waals surface area contributed by atoms with Crippen LogP contribution in [0, 0.1) is 6.92 Å². The molecule has 0 saturated heterocycles. The van der Waals surface area contributed by atoms with E-state index in [9.17, 15) is 0 Å². The molecule has 3 rings (SSSR count). The first-order valence-corrected chi connectivity index (χ1v) is 6.14. The average Bonchev–Trinajstić information content (AvgIpc) is 2.82. The second kappa shape index (κ2) is 3.74. The van der Waals surface area contributed by atoms with E-state index in [2.05, 4.69) is 16.1 Å². The van der Waals surface area contributed by atoms with Crippen LogP contribution in [0.25, 0.3) is 5.65 Å². The quantitative estimate of drug-likeness (QED) is 0.710. The van der Waals surface area contributed by atoms with Crippen LogP contribution in [0.3, 0.4) is 0 Å². The molecular formula is C12H14ClN3. The Kier molecular flexibility index (Phi) is 2.36. The highest BCUT2D eigenvalue weighted by molar-refractivity contribution is 6.29. The maximum Gasteiger partial charge on any atom is 0.157 e. The third-order valence-corrected chi connectivity index (χ3v) is 3.57. The van der Waals surface area contributed by atoms with E-state index < -0.39 is 0 Å². The molecule has 0 bridgehead atoms. The van der Waals surface area contributed by atoms with E-state index in [1.54, 1.807) is 4.52 Å². The molecule has 0 spiro atoms. The lowest BCUT2D eigenvalue weighted by molar-refractivity contribution is 0.684. The van der Waals surface area contributed by atoms with Gasteiger partial charge in [0.05, 0.1) is 5.69 Å². The number of hydrogen-bond acceptors (Lipinski definition) is 2. The molecule has 84 valence electrons. The van der Waals surface area contributed by atoms with Crippen LogP contribution < -0.4 is 0 Å². The summed E-state index contributed by atoms with van der Waals surface area (Å²) in [5.74, 6) is 0.609. The molecular weight excluding hydrogens is 222 g/mol. The van der Waals surface area contributed by atoms with Gasteiger partial charge in [-0.2, -0.15) is 5.10 Å². The minimum absolute atomic E-state index is 0.609. The summed E-state index contributed by atoms with van der Waals surface area (Å²) in [7, 11) is 0. The van der Waals surface area contributed by atoms with E-state index in [1.165, 1.54) is 25.7 Å². The van der Waals surface area contributed by atoms with Crippen molar-refractivity contribution in [1.82, 2.24) is 14.6 Å². The van der Waals surface area contributed by atoms with E-state index in [0.717, 1.165) is 17.0 Å². The van der Waals surface area contributed by atoms with E-state index in [1.807, 2.05) is 13.0 Å². The highest BCUT2D eigenvalue weighted by Crippen LogP contribution is 2.33. The molecule has 2 aromatic rings. The summed E-state index contributed by atoms with van der Waals surface area (Å²) in [6, 6.07) is 3.93. The summed E-state index contributed by atoms with van der Waals surface area (Å²) < 4.78 is 1.74. The summed E-state index contributed by atoms with van der Waals surface area (Å²) in [5.41, 5.74) is 2.96. The molecule has 0 aromatic carbocycles. The zero-order valence-corrected chi connectivity index (χ0v) is 10.0. The van der Waals surface area contributed by atoms with Crippen LogP contribution in [-0.4, -0.2) is 14.6 Å². The normalized spacial score (nSPS) is 17.4. The predicted octanol–water partition coefficient (Wildman–Crippen LogP) is 3.35. The van der Waals surface area contributed by atoms with Crippen LogP contribution in [-0.2, 0) is 0 Å². The number of fused-ring (bicyclic) bond motifs is 1. The maximum atomic E-state index is 6.14. The lowest BCUT2D eigenvalue weighted by Gasteiger charge is -2.02. The van der Waals surface area contributed by atoms with Gasteiger partial charge in [0.25, 0.3) is 0 Å². The largest absolute Gasteiger partial charge is 0.234 e. The van der Waals surface area contributed by atoms with Gasteiger partial charge >= 0.3 is 0 Å². The van der Waals surface area contributed by atoms with Gasteiger partial charge in [0.1, 0.15) is 5.15 Å². The van der Waals surface area contributed by atoms with Gasteiger partial charge < -0.3 is 0 Å². The SMILES string of the molecule is Cc1cc(Cl)n2nc(C3CCCC3)cc2n1. The van der Waals surface area contributed by atoms with Crippen molar-refractivity contribution in [1.29, 1.82) is 0 Å². The number of rotatable bonds is 1. The van der Waals surface area contributed by atoms with E-state index in [0.29, 0.717) is 11.1 Å². The number of hydrogen-bond donors (Lipinski definition) is 0. The zero-order chi connectivity index (χ0) is 11.1. The highest BCUT2D eigenvalue weighted by Gasteiger charge is 2.20. The Balaban J connectivity index is 2.11. The minimum Gasteiger partial charge on any atom is -0.234 e. The lowest BCUT2D eigenvalue weighted by atomic mass is 10.1. The Labute approximate surface area is 99.4 Å². The molecule has 0 atom stereocenters. The lowest BCUT2D eigenvalue weighted by Crippen LogP contribution is -1.96. The maximum absolute atomic E-state index is 6.14. The van der Waals surface area contributed by atoms with Gasteiger partial charge in [-0.1, -0.05) is 24.4 Å². The molecule has 0 N–H and O–H groups in total. The summed E-state index contributed by atoms with van der Waals surface area (Å²) in [4.78, 5) is 4.44. The third-order valence-electron chi connectivity index (χ3n) is 3.30. The van der Waals surface area contributed by atoms with Gasteiger partial charge in [0.2, 0.25) is 0 Å². The van der Waals surface area contributed by atoms with Crippen molar-refractivity contribution in [3.8, 4) is 0 Å². The fraction of sp³-hybridized carbons (Fsp3) is 0.500. The Hall–Kier alpha value is -1.09. The molecule has 0 aliphatic heterocycles. The molecule has 1 fully saturated rings. The second-order valence-corrected chi connectivity index (χ2v) is 4.93. The van der Waals surface area contributed by atoms with Gasteiger partial charge in [0, 0.05) is 17.7 Å². The van der Waals surface area contributed by atoms with Crippen molar-refractivity contribution in [2.24, 2.45) is 0 Å². The van der Waals surface area contributed by atoms with Crippen LogP contribution >= 0.6 is 11.6 Å². The van der Waals surface area contributed by atoms with Gasteiger partial charge in [-0.25, -0.2) is 9.50 Å². The number of aryl methyl sites for hydroxylation is 1. The van der Waals surface area contributed by atoms with Crippen molar-refractivity contribution in [3.63, 3.8) is 0 Å². The van der Waals surface area contributed by atoms with Crippen LogP contribution in [0.1, 0.15) is 43.0 Å². The Morgan fingerprint density at radius 2 is 2.06 bits per heavy atom. The van der Waals surface area contributed by atoms with E-state index in [-0.39, 0.29) is 0 Å². The molecule has 2 aromatic heterocycles. The van der Waals surface area contributed by atoms with Crippen molar-refractivity contribution >= 4 is 17.2 Å². The van der Waals surface area contributed by atoms with Crippen molar-refractivity contribution in [2.75, 3.05) is 0 Å². The molecule has 0 unspecified atom stereocenters. The molecule has 3 nitrogen and oxygen atoms in total. The van der Waals surface area contributed by atoms with Crippen LogP contribution in [0.4, 0.5) is 0 Å². The van der Waals surface area contributed by atoms with Gasteiger partial charge in [0.15, 0.2) is 5.65 Å². The highest BCUT2D eigenvalue weighted by atomic mass is 35.5. The van der Waals surface area contributed by atoms with Crippen molar-refractivity contribution in [2.45, 2.75) is 38.5 Å². The Morgan fingerprint density at radius 3 is 2.81 bits per heavy atom. The molecule has 16 heavy (non-hydrogen) atoms. The summed E-state index contributed by atoms with van der Waals surface area (Å²) in [6.07, 6.45) is 5.14. The molecule has 1 aliphatic rings. The standard InChI is InChI=1S/C12H14ClN3/c1-8-6-11(13)16-12(14-8)7-10(15-16)9-4-2-3-5-9/h6-7,9H,2-5H2,1H3. The van der Waals surface area contributed by atoms with E-state index >= 15 is 0 Å². The number of halogens is 1. The average molecular weight is 236 g/mol. The summed E-state index contributed by atoms with van der Waals surface area (Å²) >= 11 is 6.14. The Bertz CT molecular complexity index is 526. The second-order valence-electron chi connectivity index (χ2n) is 4.54. The number of aromatic nitrogens is 3. The van der Waals surface area contributed by atoms with Crippen LogP contribution in [0.2, 0.25) is 5.15 Å². The molecule has 2 heterocycles. The topological polar surface area (TPSA) is 30.2 Å². The zero-order valence-electron chi connectivity index (χ0n) is 9.28. The number of nitrogens with zero attached hydrogens (tertiary/aromatic N) is 3. The minimum atomic E-state index is 0.609. The third kappa shape index (κ3) is 1.59. The molecule has 4 heteroatoms. The van der Waals surface area contributed by atoms with Crippen LogP contribution in [0.5, 0.6) is 0 Å². The van der Waals surface area contributed by atoms with Gasteiger partial charge in [-0.05, 0) is 25.8 Å². The fourth-order valence-electron chi connectivity index (χ4n) is 2.49. The first-order valence-electron chi connectivity index (χ1n) is 5.77.